The number of hydrogen-bond acceptors (Lipinski definition) is 3. The summed E-state index contributed by atoms with van der Waals surface area (Å²) < 4.78 is 40.1. The van der Waals surface area contributed by atoms with Crippen molar-refractivity contribution in [2.75, 3.05) is 26.2 Å². The molecule has 1 aromatic heterocycles. The van der Waals surface area contributed by atoms with Crippen LogP contribution in [0.25, 0.3) is 10.1 Å². The molecule has 0 bridgehead atoms. The molecule has 0 unspecified atom stereocenters. The SMILES string of the molecule is FC(F)(F)C[C@@H](c1csc2ccccc12)N1CCNCC1. The van der Waals surface area contributed by atoms with E-state index in [0.717, 1.165) is 28.7 Å². The van der Waals surface area contributed by atoms with Gasteiger partial charge in [0, 0.05) is 36.9 Å². The lowest BCUT2D eigenvalue weighted by Gasteiger charge is -2.35. The molecule has 0 spiro atoms. The fourth-order valence-corrected chi connectivity index (χ4v) is 3.91. The van der Waals surface area contributed by atoms with E-state index in [2.05, 4.69) is 5.32 Å². The topological polar surface area (TPSA) is 15.3 Å². The standard InChI is InChI=1S/C15H17F3N2S/c16-15(17,18)9-13(20-7-5-19-6-8-20)12-10-21-14-4-2-1-3-11(12)14/h1-4,10,13,19H,5-9H2/t13-/m0/s1. The summed E-state index contributed by atoms with van der Waals surface area (Å²) in [5.74, 6) is 0. The van der Waals surface area contributed by atoms with Crippen LogP contribution in [-0.2, 0) is 0 Å². The van der Waals surface area contributed by atoms with E-state index >= 15 is 0 Å². The van der Waals surface area contributed by atoms with Crippen LogP contribution >= 0.6 is 11.3 Å². The van der Waals surface area contributed by atoms with E-state index in [0.29, 0.717) is 13.1 Å². The second kappa shape index (κ2) is 5.94. The lowest BCUT2D eigenvalue weighted by Crippen LogP contribution is -2.46. The van der Waals surface area contributed by atoms with Crippen LogP contribution in [0.4, 0.5) is 13.2 Å². The predicted molar refractivity (Wildman–Crippen MR) is 79.7 cm³/mol. The Kier molecular flexibility index (Phi) is 4.19. The lowest BCUT2D eigenvalue weighted by molar-refractivity contribution is -0.148. The number of fused-ring (bicyclic) bond motifs is 1. The molecular weight excluding hydrogens is 297 g/mol. The maximum Gasteiger partial charge on any atom is 0.390 e. The van der Waals surface area contributed by atoms with E-state index in [9.17, 15) is 13.2 Å². The van der Waals surface area contributed by atoms with Gasteiger partial charge in [0.05, 0.1) is 6.42 Å². The molecule has 2 nitrogen and oxygen atoms in total. The minimum absolute atomic E-state index is 0.580. The fraction of sp³-hybridized carbons (Fsp3) is 0.467. The van der Waals surface area contributed by atoms with E-state index in [1.54, 1.807) is 0 Å². The summed E-state index contributed by atoms with van der Waals surface area (Å²) in [6.45, 7) is 2.81. The molecule has 1 aromatic carbocycles. The molecule has 0 aliphatic carbocycles. The highest BCUT2D eigenvalue weighted by Crippen LogP contribution is 2.39. The number of benzene rings is 1. The van der Waals surface area contributed by atoms with Crippen molar-refractivity contribution in [3.05, 3.63) is 35.2 Å². The van der Waals surface area contributed by atoms with E-state index < -0.39 is 18.6 Å². The van der Waals surface area contributed by atoms with Crippen LogP contribution in [0.15, 0.2) is 29.6 Å². The first-order valence-electron chi connectivity index (χ1n) is 7.02. The van der Waals surface area contributed by atoms with Crippen LogP contribution in [0.3, 0.4) is 0 Å². The van der Waals surface area contributed by atoms with E-state index in [1.807, 2.05) is 34.5 Å². The van der Waals surface area contributed by atoms with Crippen molar-refractivity contribution in [1.82, 2.24) is 10.2 Å². The molecule has 1 fully saturated rings. The fourth-order valence-electron chi connectivity index (χ4n) is 2.91. The highest BCUT2D eigenvalue weighted by molar-refractivity contribution is 7.17. The largest absolute Gasteiger partial charge is 0.390 e. The van der Waals surface area contributed by atoms with Crippen LogP contribution in [0, 0.1) is 0 Å². The van der Waals surface area contributed by atoms with Crippen LogP contribution in [0.5, 0.6) is 0 Å². The molecule has 2 aromatic rings. The van der Waals surface area contributed by atoms with Gasteiger partial charge in [0.1, 0.15) is 0 Å². The molecule has 1 aliphatic rings. The Morgan fingerprint density at radius 1 is 1.19 bits per heavy atom. The Balaban J connectivity index is 1.97. The molecule has 6 heteroatoms. The monoisotopic (exact) mass is 314 g/mol. The summed E-state index contributed by atoms with van der Waals surface area (Å²) in [4.78, 5) is 1.96. The predicted octanol–water partition coefficient (Wildman–Crippen LogP) is 3.80. The minimum atomic E-state index is -4.15. The third kappa shape index (κ3) is 3.39. The highest BCUT2D eigenvalue weighted by Gasteiger charge is 2.36. The van der Waals surface area contributed by atoms with Gasteiger partial charge in [-0.2, -0.15) is 13.2 Å². The van der Waals surface area contributed by atoms with Crippen LogP contribution in [0.2, 0.25) is 0 Å². The molecule has 1 aliphatic heterocycles. The molecule has 0 saturated carbocycles. The molecule has 3 rings (SSSR count). The van der Waals surface area contributed by atoms with Crippen molar-refractivity contribution < 1.29 is 13.2 Å². The average molecular weight is 314 g/mol. The zero-order valence-corrected chi connectivity index (χ0v) is 12.3. The van der Waals surface area contributed by atoms with Crippen molar-refractivity contribution in [3.63, 3.8) is 0 Å². The van der Waals surface area contributed by atoms with Gasteiger partial charge in [-0.15, -0.1) is 11.3 Å². The number of nitrogens with one attached hydrogen (secondary N) is 1. The summed E-state index contributed by atoms with van der Waals surface area (Å²) in [5.41, 5.74) is 0.815. The molecule has 1 atom stereocenters. The highest BCUT2D eigenvalue weighted by atomic mass is 32.1. The van der Waals surface area contributed by atoms with E-state index in [-0.39, 0.29) is 0 Å². The van der Waals surface area contributed by atoms with Gasteiger partial charge >= 0.3 is 6.18 Å². The van der Waals surface area contributed by atoms with Gasteiger partial charge in [0.15, 0.2) is 0 Å². The molecule has 1 N–H and O–H groups in total. The molecule has 0 amide bonds. The van der Waals surface area contributed by atoms with E-state index in [1.165, 1.54) is 11.3 Å². The number of halogens is 3. The Bertz CT molecular complexity index is 602. The van der Waals surface area contributed by atoms with Crippen molar-refractivity contribution >= 4 is 21.4 Å². The van der Waals surface area contributed by atoms with Gasteiger partial charge in [-0.25, -0.2) is 0 Å². The van der Waals surface area contributed by atoms with Crippen molar-refractivity contribution in [2.24, 2.45) is 0 Å². The van der Waals surface area contributed by atoms with E-state index in [4.69, 9.17) is 0 Å². The normalized spacial score (nSPS) is 19.0. The molecule has 21 heavy (non-hydrogen) atoms. The Hall–Kier alpha value is -1.11. The van der Waals surface area contributed by atoms with Gasteiger partial charge in [0.25, 0.3) is 0 Å². The van der Waals surface area contributed by atoms with Crippen LogP contribution < -0.4 is 5.32 Å². The molecule has 114 valence electrons. The number of hydrogen-bond donors (Lipinski definition) is 1. The summed E-state index contributed by atoms with van der Waals surface area (Å²) in [5, 5.41) is 6.04. The average Bonchev–Trinajstić information content (AvgIpc) is 2.89. The molecular formula is C15H17F3N2S. The maximum absolute atomic E-state index is 13.0. The number of thiophene rings is 1. The van der Waals surface area contributed by atoms with Crippen molar-refractivity contribution in [2.45, 2.75) is 18.6 Å². The second-order valence-electron chi connectivity index (χ2n) is 5.31. The summed E-state index contributed by atoms with van der Waals surface area (Å²) >= 11 is 1.52. The number of nitrogens with zero attached hydrogens (tertiary/aromatic N) is 1. The number of alkyl halides is 3. The molecule has 0 radical (unpaired) electrons. The first-order valence-corrected chi connectivity index (χ1v) is 7.90. The van der Waals surface area contributed by atoms with Crippen molar-refractivity contribution in [1.29, 1.82) is 0 Å². The summed E-state index contributed by atoms with van der Waals surface area (Å²) in [6, 6.07) is 7.12. The minimum Gasteiger partial charge on any atom is -0.314 e. The van der Waals surface area contributed by atoms with Gasteiger partial charge in [-0.1, -0.05) is 18.2 Å². The summed E-state index contributed by atoms with van der Waals surface area (Å²) in [7, 11) is 0. The third-order valence-corrected chi connectivity index (χ3v) is 4.87. The lowest BCUT2D eigenvalue weighted by atomic mass is 10.00. The van der Waals surface area contributed by atoms with Gasteiger partial charge in [-0.3, -0.25) is 4.90 Å². The Morgan fingerprint density at radius 2 is 1.90 bits per heavy atom. The Labute approximate surface area is 125 Å². The quantitative estimate of drug-likeness (QED) is 0.927. The Morgan fingerprint density at radius 3 is 2.62 bits per heavy atom. The van der Waals surface area contributed by atoms with Crippen LogP contribution in [0.1, 0.15) is 18.0 Å². The van der Waals surface area contributed by atoms with Gasteiger partial charge in [0.2, 0.25) is 0 Å². The number of rotatable bonds is 3. The van der Waals surface area contributed by atoms with Gasteiger partial charge in [-0.05, 0) is 22.4 Å². The summed E-state index contributed by atoms with van der Waals surface area (Å²) in [6.07, 6.45) is -4.94. The van der Waals surface area contributed by atoms with Crippen LogP contribution in [-0.4, -0.2) is 37.3 Å². The maximum atomic E-state index is 13.0. The molecule has 2 heterocycles. The first kappa shape index (κ1) is 14.8. The smallest absolute Gasteiger partial charge is 0.314 e. The van der Waals surface area contributed by atoms with Crippen molar-refractivity contribution in [3.8, 4) is 0 Å². The zero-order chi connectivity index (χ0) is 14.9. The third-order valence-electron chi connectivity index (χ3n) is 3.89. The first-order chi connectivity index (χ1) is 10.0. The second-order valence-corrected chi connectivity index (χ2v) is 6.22. The zero-order valence-electron chi connectivity index (χ0n) is 11.5. The molecule has 1 saturated heterocycles. The number of piperazine rings is 1. The van der Waals surface area contributed by atoms with Gasteiger partial charge < -0.3 is 5.32 Å².